The lowest BCUT2D eigenvalue weighted by Crippen LogP contribution is -2.28. The first kappa shape index (κ1) is 5.60. The van der Waals surface area contributed by atoms with Gasteiger partial charge < -0.3 is 5.11 Å². The molecular formula is C6H10O2. The molecule has 0 aromatic rings. The average Bonchev–Trinajstić information content (AvgIpc) is 1.57. The van der Waals surface area contributed by atoms with Crippen LogP contribution >= 0.6 is 0 Å². The highest BCUT2D eigenvalue weighted by molar-refractivity contribution is 5.70. The molecular weight excluding hydrogens is 104 g/mol. The Hall–Kier alpha value is -0.530. The summed E-state index contributed by atoms with van der Waals surface area (Å²) >= 11 is 0. The van der Waals surface area contributed by atoms with E-state index in [2.05, 4.69) is 6.92 Å². The summed E-state index contributed by atoms with van der Waals surface area (Å²) in [6.07, 6.45) is 1.77. The third kappa shape index (κ3) is 0.831. The van der Waals surface area contributed by atoms with Crippen LogP contribution in [-0.4, -0.2) is 11.1 Å². The highest BCUT2D eigenvalue weighted by Gasteiger charge is 2.30. The lowest BCUT2D eigenvalue weighted by atomic mass is 9.76. The second-order valence-electron chi connectivity index (χ2n) is 2.61. The van der Waals surface area contributed by atoms with E-state index in [1.54, 1.807) is 0 Å². The van der Waals surface area contributed by atoms with Crippen LogP contribution in [0.2, 0.25) is 0 Å². The number of hydrogen-bond donors (Lipinski definition) is 1. The maximum Gasteiger partial charge on any atom is 0.306 e. The van der Waals surface area contributed by atoms with Crippen molar-refractivity contribution in [1.82, 2.24) is 0 Å². The lowest BCUT2D eigenvalue weighted by molar-refractivity contribution is -0.146. The molecule has 0 aromatic carbocycles. The maximum absolute atomic E-state index is 10.1. The van der Waals surface area contributed by atoms with Gasteiger partial charge in [-0.1, -0.05) is 6.92 Å². The van der Waals surface area contributed by atoms with E-state index >= 15 is 0 Å². The highest BCUT2D eigenvalue weighted by Crippen LogP contribution is 2.32. The van der Waals surface area contributed by atoms with Crippen LogP contribution in [-0.2, 0) is 4.79 Å². The largest absolute Gasteiger partial charge is 0.481 e. The average molecular weight is 114 g/mol. The number of aliphatic carboxylic acids is 1. The first-order valence-electron chi connectivity index (χ1n) is 2.93. The summed E-state index contributed by atoms with van der Waals surface area (Å²) in [7, 11) is 0. The molecule has 0 radical (unpaired) electrons. The Morgan fingerprint density at radius 3 is 2.25 bits per heavy atom. The van der Waals surface area contributed by atoms with Crippen LogP contribution in [0.5, 0.6) is 0 Å². The van der Waals surface area contributed by atoms with Crippen LogP contribution in [0.4, 0.5) is 0 Å². The molecule has 1 saturated carbocycles. The molecule has 1 rings (SSSR count). The molecule has 0 saturated heterocycles. The fourth-order valence-electron chi connectivity index (χ4n) is 1.10. The van der Waals surface area contributed by atoms with E-state index in [1.807, 2.05) is 0 Å². The SMILES string of the molecule is C[C@H]1C[C@H](C(=O)O)C1. The summed E-state index contributed by atoms with van der Waals surface area (Å²) in [5, 5.41) is 8.35. The van der Waals surface area contributed by atoms with E-state index in [-0.39, 0.29) is 5.92 Å². The minimum absolute atomic E-state index is 0.0231. The number of rotatable bonds is 1. The third-order valence-electron chi connectivity index (χ3n) is 1.72. The van der Waals surface area contributed by atoms with Crippen molar-refractivity contribution in [1.29, 1.82) is 0 Å². The van der Waals surface area contributed by atoms with E-state index in [0.717, 1.165) is 12.8 Å². The van der Waals surface area contributed by atoms with Crippen molar-refractivity contribution in [2.45, 2.75) is 19.8 Å². The summed E-state index contributed by atoms with van der Waals surface area (Å²) in [6, 6.07) is 0. The Kier molecular flexibility index (Phi) is 1.24. The van der Waals surface area contributed by atoms with Crippen molar-refractivity contribution < 1.29 is 9.90 Å². The Bertz CT molecular complexity index is 103. The van der Waals surface area contributed by atoms with E-state index in [9.17, 15) is 4.79 Å². The van der Waals surface area contributed by atoms with E-state index in [0.29, 0.717) is 5.92 Å². The predicted octanol–water partition coefficient (Wildman–Crippen LogP) is 1.12. The summed E-state index contributed by atoms with van der Waals surface area (Å²) in [4.78, 5) is 10.1. The zero-order chi connectivity index (χ0) is 6.15. The summed E-state index contributed by atoms with van der Waals surface area (Å²) < 4.78 is 0. The van der Waals surface area contributed by atoms with Gasteiger partial charge in [-0.2, -0.15) is 0 Å². The van der Waals surface area contributed by atoms with Gasteiger partial charge in [-0.3, -0.25) is 4.79 Å². The molecule has 0 amide bonds. The second kappa shape index (κ2) is 1.77. The van der Waals surface area contributed by atoms with Crippen molar-refractivity contribution in [2.75, 3.05) is 0 Å². The minimum atomic E-state index is -0.622. The zero-order valence-corrected chi connectivity index (χ0v) is 4.92. The fourth-order valence-corrected chi connectivity index (χ4v) is 1.10. The summed E-state index contributed by atoms with van der Waals surface area (Å²) in [5.41, 5.74) is 0. The smallest absolute Gasteiger partial charge is 0.306 e. The van der Waals surface area contributed by atoms with Crippen molar-refractivity contribution in [3.05, 3.63) is 0 Å². The second-order valence-corrected chi connectivity index (χ2v) is 2.61. The molecule has 0 atom stereocenters. The van der Waals surface area contributed by atoms with E-state index in [4.69, 9.17) is 5.11 Å². The van der Waals surface area contributed by atoms with Gasteiger partial charge in [0.2, 0.25) is 0 Å². The molecule has 46 valence electrons. The van der Waals surface area contributed by atoms with Gasteiger partial charge in [0.15, 0.2) is 0 Å². The topological polar surface area (TPSA) is 37.3 Å². The molecule has 1 aliphatic rings. The van der Waals surface area contributed by atoms with E-state index < -0.39 is 5.97 Å². The van der Waals surface area contributed by atoms with Gasteiger partial charge in [-0.05, 0) is 18.8 Å². The zero-order valence-electron chi connectivity index (χ0n) is 4.92. The predicted molar refractivity (Wildman–Crippen MR) is 29.5 cm³/mol. The van der Waals surface area contributed by atoms with Crippen molar-refractivity contribution in [3.8, 4) is 0 Å². The molecule has 0 unspecified atom stereocenters. The minimum Gasteiger partial charge on any atom is -0.481 e. The number of carboxylic acid groups (broad SMARTS) is 1. The van der Waals surface area contributed by atoms with Gasteiger partial charge in [0.05, 0.1) is 5.92 Å². The van der Waals surface area contributed by atoms with Gasteiger partial charge >= 0.3 is 5.97 Å². The van der Waals surface area contributed by atoms with Gasteiger partial charge in [0.1, 0.15) is 0 Å². The molecule has 1 fully saturated rings. The Morgan fingerprint density at radius 2 is 2.12 bits per heavy atom. The fraction of sp³-hybridized carbons (Fsp3) is 0.833. The van der Waals surface area contributed by atoms with Gasteiger partial charge in [-0.25, -0.2) is 0 Å². The molecule has 2 nitrogen and oxygen atoms in total. The van der Waals surface area contributed by atoms with Crippen molar-refractivity contribution in [3.63, 3.8) is 0 Å². The van der Waals surface area contributed by atoms with Crippen LogP contribution in [0.3, 0.4) is 0 Å². The molecule has 0 aromatic heterocycles. The molecule has 1 aliphatic carbocycles. The van der Waals surface area contributed by atoms with Crippen LogP contribution in [0, 0.1) is 11.8 Å². The molecule has 2 heteroatoms. The summed E-state index contributed by atoms with van der Waals surface area (Å²) in [5.74, 6) is 0.00389. The lowest BCUT2D eigenvalue weighted by Gasteiger charge is -2.28. The van der Waals surface area contributed by atoms with Crippen LogP contribution in [0.25, 0.3) is 0 Å². The summed E-state index contributed by atoms with van der Waals surface area (Å²) in [6.45, 7) is 2.08. The number of hydrogen-bond acceptors (Lipinski definition) is 1. The quantitative estimate of drug-likeness (QED) is 0.554. The van der Waals surface area contributed by atoms with Gasteiger partial charge in [0.25, 0.3) is 0 Å². The standard InChI is InChI=1S/C6H10O2/c1-4-2-5(3-4)6(7)8/h4-5H,2-3H2,1H3,(H,7,8)/t4-,5-. The van der Waals surface area contributed by atoms with Crippen molar-refractivity contribution >= 4 is 5.97 Å². The maximum atomic E-state index is 10.1. The molecule has 0 heterocycles. The van der Waals surface area contributed by atoms with Gasteiger partial charge in [-0.15, -0.1) is 0 Å². The molecule has 0 aliphatic heterocycles. The highest BCUT2D eigenvalue weighted by atomic mass is 16.4. The Labute approximate surface area is 48.5 Å². The molecule has 0 spiro atoms. The number of carboxylic acids is 1. The van der Waals surface area contributed by atoms with Crippen LogP contribution < -0.4 is 0 Å². The first-order valence-corrected chi connectivity index (χ1v) is 2.93. The normalized spacial score (nSPS) is 36.1. The molecule has 8 heavy (non-hydrogen) atoms. The van der Waals surface area contributed by atoms with Gasteiger partial charge in [0, 0.05) is 0 Å². The third-order valence-corrected chi connectivity index (χ3v) is 1.72. The number of carbonyl (C=O) groups is 1. The Balaban J connectivity index is 2.25. The monoisotopic (exact) mass is 114 g/mol. The van der Waals surface area contributed by atoms with Crippen LogP contribution in [0.15, 0.2) is 0 Å². The Morgan fingerprint density at radius 1 is 1.62 bits per heavy atom. The van der Waals surface area contributed by atoms with Crippen LogP contribution in [0.1, 0.15) is 19.8 Å². The van der Waals surface area contributed by atoms with E-state index in [1.165, 1.54) is 0 Å². The molecule has 1 N–H and O–H groups in total. The first-order chi connectivity index (χ1) is 3.70. The molecule has 0 bridgehead atoms. The van der Waals surface area contributed by atoms with Crippen molar-refractivity contribution in [2.24, 2.45) is 11.8 Å².